The Morgan fingerprint density at radius 3 is 2.75 bits per heavy atom. The fraction of sp³-hybridized carbons (Fsp3) is 0.429. The second kappa shape index (κ2) is 9.61. The first-order valence-electron chi connectivity index (χ1n) is 10.2. The summed E-state index contributed by atoms with van der Waals surface area (Å²) in [4.78, 5) is 34.0. The van der Waals surface area contributed by atoms with E-state index in [0.717, 1.165) is 0 Å². The number of hydrogen-bond acceptors (Lipinski definition) is 8. The van der Waals surface area contributed by atoms with Crippen molar-refractivity contribution in [1.82, 2.24) is 14.3 Å². The molecule has 0 saturated carbocycles. The summed E-state index contributed by atoms with van der Waals surface area (Å²) in [5, 5.41) is 0. The molecule has 0 atom stereocenters. The largest absolute Gasteiger partial charge is 0.469 e. The summed E-state index contributed by atoms with van der Waals surface area (Å²) in [6, 6.07) is 6.26. The molecule has 10 nitrogen and oxygen atoms in total. The average Bonchev–Trinajstić information content (AvgIpc) is 3.06. The fourth-order valence-corrected chi connectivity index (χ4v) is 4.83. The standard InChI is InChI=1S/C21H27N5O5S/c1-14-23-20(22)17-13-18(27)26(21(17)24-14)10-5-4-9-25(2)32(29,30)16-8-6-7-15(11-16)12-19(28)31-3/h6-8,11H,4-5,9-10,12-13H2,1-3H3,(H2,22,23,24). The Kier molecular flexibility index (Phi) is 7.09. The highest BCUT2D eigenvalue weighted by atomic mass is 32.2. The third-order valence-electron chi connectivity index (χ3n) is 5.30. The van der Waals surface area contributed by atoms with Gasteiger partial charge in [0, 0.05) is 25.7 Å². The van der Waals surface area contributed by atoms with Gasteiger partial charge in [0.2, 0.25) is 15.9 Å². The minimum absolute atomic E-state index is 0.00244. The van der Waals surface area contributed by atoms with Crippen LogP contribution in [-0.2, 0) is 37.2 Å². The second-order valence-electron chi connectivity index (χ2n) is 7.61. The van der Waals surface area contributed by atoms with Crippen LogP contribution in [0.3, 0.4) is 0 Å². The van der Waals surface area contributed by atoms with E-state index >= 15 is 0 Å². The van der Waals surface area contributed by atoms with Gasteiger partial charge in [0.15, 0.2) is 0 Å². The second-order valence-corrected chi connectivity index (χ2v) is 9.66. The highest BCUT2D eigenvalue weighted by molar-refractivity contribution is 7.89. The number of ether oxygens (including phenoxy) is 1. The van der Waals surface area contributed by atoms with E-state index in [9.17, 15) is 18.0 Å². The van der Waals surface area contributed by atoms with Gasteiger partial charge < -0.3 is 10.5 Å². The lowest BCUT2D eigenvalue weighted by molar-refractivity contribution is -0.139. The summed E-state index contributed by atoms with van der Waals surface area (Å²) in [6.45, 7) is 2.42. The highest BCUT2D eigenvalue weighted by Gasteiger charge is 2.31. The van der Waals surface area contributed by atoms with E-state index in [4.69, 9.17) is 5.73 Å². The molecule has 2 N–H and O–H groups in total. The first-order valence-corrected chi connectivity index (χ1v) is 11.6. The van der Waals surface area contributed by atoms with Crippen LogP contribution in [0.4, 0.5) is 11.6 Å². The van der Waals surface area contributed by atoms with Crippen molar-refractivity contribution in [2.24, 2.45) is 0 Å². The molecule has 0 saturated heterocycles. The number of carbonyl (C=O) groups excluding carboxylic acids is 2. The normalized spacial score (nSPS) is 13.5. The molecule has 11 heteroatoms. The summed E-state index contributed by atoms with van der Waals surface area (Å²) in [5.41, 5.74) is 7.12. The summed E-state index contributed by atoms with van der Waals surface area (Å²) >= 11 is 0. The van der Waals surface area contributed by atoms with Gasteiger partial charge in [-0.15, -0.1) is 0 Å². The van der Waals surface area contributed by atoms with Gasteiger partial charge in [0.05, 0.1) is 24.8 Å². The molecule has 0 spiro atoms. The number of aryl methyl sites for hydroxylation is 1. The van der Waals surface area contributed by atoms with Gasteiger partial charge in [-0.2, -0.15) is 0 Å². The zero-order valence-corrected chi connectivity index (χ0v) is 19.2. The van der Waals surface area contributed by atoms with Crippen molar-refractivity contribution < 1.29 is 22.7 Å². The van der Waals surface area contributed by atoms with Gasteiger partial charge in [0.1, 0.15) is 17.5 Å². The number of rotatable bonds is 9. The SMILES string of the molecule is COC(=O)Cc1cccc(S(=O)(=O)N(C)CCCCN2C(=O)Cc3c(N)nc(C)nc32)c1. The van der Waals surface area contributed by atoms with Crippen LogP contribution < -0.4 is 10.6 Å². The molecule has 32 heavy (non-hydrogen) atoms. The Labute approximate surface area is 187 Å². The number of sulfonamides is 1. The number of methoxy groups -OCH3 is 1. The minimum atomic E-state index is -3.71. The number of hydrogen-bond donors (Lipinski definition) is 1. The number of fused-ring (bicyclic) bond motifs is 1. The predicted molar refractivity (Wildman–Crippen MR) is 118 cm³/mol. The average molecular weight is 462 g/mol. The maximum absolute atomic E-state index is 12.9. The van der Waals surface area contributed by atoms with Crippen LogP contribution in [0.1, 0.15) is 29.8 Å². The van der Waals surface area contributed by atoms with Gasteiger partial charge in [-0.05, 0) is 37.5 Å². The third kappa shape index (κ3) is 5.05. The van der Waals surface area contributed by atoms with Crippen molar-refractivity contribution in [3.63, 3.8) is 0 Å². The van der Waals surface area contributed by atoms with Crippen molar-refractivity contribution in [2.45, 2.75) is 37.5 Å². The van der Waals surface area contributed by atoms with Gasteiger partial charge in [-0.25, -0.2) is 22.7 Å². The number of esters is 1. The Hall–Kier alpha value is -3.05. The Bertz CT molecular complexity index is 1140. The van der Waals surface area contributed by atoms with E-state index in [2.05, 4.69) is 14.7 Å². The molecular formula is C21H27N5O5S. The first kappa shape index (κ1) is 23.6. The van der Waals surface area contributed by atoms with Crippen molar-refractivity contribution in [3.05, 3.63) is 41.2 Å². The molecule has 1 aliphatic rings. The molecule has 0 unspecified atom stereocenters. The number of nitrogens with zero attached hydrogens (tertiary/aromatic N) is 4. The molecular weight excluding hydrogens is 434 g/mol. The maximum atomic E-state index is 12.9. The van der Waals surface area contributed by atoms with Crippen molar-refractivity contribution in [1.29, 1.82) is 0 Å². The van der Waals surface area contributed by atoms with Gasteiger partial charge in [-0.1, -0.05) is 12.1 Å². The zero-order valence-electron chi connectivity index (χ0n) is 18.4. The van der Waals surface area contributed by atoms with Crippen LogP contribution in [0.25, 0.3) is 0 Å². The van der Waals surface area contributed by atoms with E-state index in [0.29, 0.717) is 48.0 Å². The van der Waals surface area contributed by atoms with E-state index in [1.54, 1.807) is 24.0 Å². The minimum Gasteiger partial charge on any atom is -0.469 e. The van der Waals surface area contributed by atoms with Crippen LogP contribution in [0, 0.1) is 6.92 Å². The molecule has 0 fully saturated rings. The lowest BCUT2D eigenvalue weighted by atomic mass is 10.1. The van der Waals surface area contributed by atoms with Crippen LogP contribution in [0.2, 0.25) is 0 Å². The first-order chi connectivity index (χ1) is 15.1. The molecule has 1 aromatic heterocycles. The van der Waals surface area contributed by atoms with Crippen LogP contribution in [0.15, 0.2) is 29.2 Å². The van der Waals surface area contributed by atoms with Crippen molar-refractivity contribution >= 4 is 33.5 Å². The number of benzene rings is 1. The van der Waals surface area contributed by atoms with Crippen LogP contribution >= 0.6 is 0 Å². The Morgan fingerprint density at radius 1 is 1.28 bits per heavy atom. The number of nitrogen functional groups attached to an aromatic ring is 1. The number of anilines is 2. The molecule has 0 bridgehead atoms. The number of nitrogens with two attached hydrogens (primary N) is 1. The number of carbonyl (C=O) groups is 2. The van der Waals surface area contributed by atoms with Gasteiger partial charge in [-0.3, -0.25) is 14.5 Å². The summed E-state index contributed by atoms with van der Waals surface area (Å²) < 4.78 is 31.7. The molecule has 3 rings (SSSR count). The van der Waals surface area contributed by atoms with Crippen LogP contribution in [-0.4, -0.2) is 61.8 Å². The van der Waals surface area contributed by atoms with Crippen molar-refractivity contribution in [3.8, 4) is 0 Å². The molecule has 172 valence electrons. The van der Waals surface area contributed by atoms with E-state index in [-0.39, 0.29) is 30.2 Å². The third-order valence-corrected chi connectivity index (χ3v) is 7.15. The molecule has 2 aromatic rings. The molecule has 2 heterocycles. The van der Waals surface area contributed by atoms with Gasteiger partial charge >= 0.3 is 5.97 Å². The van der Waals surface area contributed by atoms with Gasteiger partial charge in [0.25, 0.3) is 0 Å². The van der Waals surface area contributed by atoms with E-state index in [1.807, 2.05) is 0 Å². The summed E-state index contributed by atoms with van der Waals surface area (Å²) in [5.74, 6) is 0.844. The number of aromatic nitrogens is 2. The molecule has 1 amide bonds. The number of unbranched alkanes of at least 4 members (excludes halogenated alkanes) is 1. The predicted octanol–water partition coefficient (Wildman–Crippen LogP) is 1.07. The lowest BCUT2D eigenvalue weighted by Crippen LogP contribution is -2.31. The summed E-state index contributed by atoms with van der Waals surface area (Å²) in [6.07, 6.45) is 1.33. The molecule has 0 radical (unpaired) electrons. The smallest absolute Gasteiger partial charge is 0.309 e. The summed E-state index contributed by atoms with van der Waals surface area (Å²) in [7, 11) is -0.915. The van der Waals surface area contributed by atoms with Crippen molar-refractivity contribution in [2.75, 3.05) is 37.9 Å². The monoisotopic (exact) mass is 461 g/mol. The van der Waals surface area contributed by atoms with Crippen LogP contribution in [0.5, 0.6) is 0 Å². The fourth-order valence-electron chi connectivity index (χ4n) is 3.55. The Balaban J connectivity index is 1.59. The molecule has 1 aromatic carbocycles. The zero-order chi connectivity index (χ0) is 23.5. The molecule has 1 aliphatic heterocycles. The maximum Gasteiger partial charge on any atom is 0.309 e. The van der Waals surface area contributed by atoms with E-state index in [1.165, 1.54) is 30.6 Å². The number of amides is 1. The topological polar surface area (TPSA) is 136 Å². The van der Waals surface area contributed by atoms with E-state index < -0.39 is 16.0 Å². The Morgan fingerprint density at radius 2 is 2.03 bits per heavy atom. The lowest BCUT2D eigenvalue weighted by Gasteiger charge is -2.20. The molecule has 0 aliphatic carbocycles. The highest BCUT2D eigenvalue weighted by Crippen LogP contribution is 2.30. The quantitative estimate of drug-likeness (QED) is 0.433.